The standard InChI is InChI=1S/C29H26F4N4/c1-18(19-11-15-23(30)16-12-19)34-28-36-26(21-9-13-22(14-10-21)29(31,32)33)17-27(37-28)35-25-8-4-6-20-5-2-3-7-24(20)25/h4,6,8-18H,2-3,5,7H2,1H3,(H2,34,35,36,37)/t18-/m0/s1. The Labute approximate surface area is 212 Å². The highest BCUT2D eigenvalue weighted by Crippen LogP contribution is 2.33. The van der Waals surface area contributed by atoms with E-state index in [4.69, 9.17) is 0 Å². The van der Waals surface area contributed by atoms with E-state index in [0.717, 1.165) is 49.1 Å². The molecule has 0 amide bonds. The summed E-state index contributed by atoms with van der Waals surface area (Å²) in [5.74, 6) is 0.508. The molecule has 37 heavy (non-hydrogen) atoms. The van der Waals surface area contributed by atoms with E-state index in [1.54, 1.807) is 18.2 Å². The first kappa shape index (κ1) is 24.7. The number of benzene rings is 3. The molecule has 1 aliphatic rings. The minimum Gasteiger partial charge on any atom is -0.348 e. The number of hydrogen-bond donors (Lipinski definition) is 2. The summed E-state index contributed by atoms with van der Waals surface area (Å²) in [6, 6.07) is 18.7. The molecule has 0 radical (unpaired) electrons. The van der Waals surface area contributed by atoms with Crippen LogP contribution in [0.4, 0.5) is 35.0 Å². The van der Waals surface area contributed by atoms with E-state index in [9.17, 15) is 17.6 Å². The van der Waals surface area contributed by atoms with Gasteiger partial charge in [-0.3, -0.25) is 0 Å². The summed E-state index contributed by atoms with van der Waals surface area (Å²) in [4.78, 5) is 9.25. The fraction of sp³-hybridized carbons (Fsp3) is 0.241. The first-order chi connectivity index (χ1) is 17.8. The highest BCUT2D eigenvalue weighted by Gasteiger charge is 2.30. The summed E-state index contributed by atoms with van der Waals surface area (Å²) in [6.45, 7) is 1.90. The van der Waals surface area contributed by atoms with Crippen molar-refractivity contribution < 1.29 is 17.6 Å². The van der Waals surface area contributed by atoms with Crippen molar-refractivity contribution in [2.45, 2.75) is 44.8 Å². The van der Waals surface area contributed by atoms with E-state index < -0.39 is 11.7 Å². The molecule has 0 spiro atoms. The van der Waals surface area contributed by atoms with Gasteiger partial charge in [0, 0.05) is 17.3 Å². The fourth-order valence-electron chi connectivity index (χ4n) is 4.62. The predicted molar refractivity (Wildman–Crippen MR) is 137 cm³/mol. The summed E-state index contributed by atoms with van der Waals surface area (Å²) in [6.07, 6.45) is -0.123. The summed E-state index contributed by atoms with van der Waals surface area (Å²) >= 11 is 0. The molecular formula is C29H26F4N4. The third kappa shape index (κ3) is 5.74. The quantitative estimate of drug-likeness (QED) is 0.260. The molecular weight excluding hydrogens is 480 g/mol. The number of aromatic nitrogens is 2. The second kappa shape index (κ2) is 10.2. The van der Waals surface area contributed by atoms with Gasteiger partial charge in [0.1, 0.15) is 11.6 Å². The lowest BCUT2D eigenvalue weighted by Gasteiger charge is -2.21. The van der Waals surface area contributed by atoms with Gasteiger partial charge in [0.25, 0.3) is 0 Å². The summed E-state index contributed by atoms with van der Waals surface area (Å²) in [5.41, 5.74) is 4.68. The van der Waals surface area contributed by atoms with Gasteiger partial charge >= 0.3 is 6.18 Å². The highest BCUT2D eigenvalue weighted by atomic mass is 19.4. The van der Waals surface area contributed by atoms with E-state index in [1.165, 1.54) is 35.4 Å². The van der Waals surface area contributed by atoms with Crippen LogP contribution in [-0.2, 0) is 19.0 Å². The van der Waals surface area contributed by atoms with E-state index >= 15 is 0 Å². The van der Waals surface area contributed by atoms with Crippen LogP contribution in [0, 0.1) is 5.82 Å². The van der Waals surface area contributed by atoms with Crippen molar-refractivity contribution in [2.24, 2.45) is 0 Å². The zero-order chi connectivity index (χ0) is 26.0. The lowest BCUT2D eigenvalue weighted by atomic mass is 9.90. The molecule has 4 nitrogen and oxygen atoms in total. The number of nitrogens with zero attached hydrogens (tertiary/aromatic N) is 2. The third-order valence-corrected chi connectivity index (χ3v) is 6.61. The Morgan fingerprint density at radius 3 is 2.32 bits per heavy atom. The molecule has 190 valence electrons. The smallest absolute Gasteiger partial charge is 0.348 e. The van der Waals surface area contributed by atoms with Crippen LogP contribution in [0.25, 0.3) is 11.3 Å². The Kier molecular flexibility index (Phi) is 6.82. The van der Waals surface area contributed by atoms with Crippen LogP contribution in [0.15, 0.2) is 72.8 Å². The number of aryl methyl sites for hydroxylation is 1. The van der Waals surface area contributed by atoms with Gasteiger partial charge in [-0.15, -0.1) is 0 Å². The van der Waals surface area contributed by atoms with Gasteiger partial charge in [0.15, 0.2) is 0 Å². The number of rotatable bonds is 6. The number of fused-ring (bicyclic) bond motifs is 1. The number of hydrogen-bond acceptors (Lipinski definition) is 4. The molecule has 8 heteroatoms. The van der Waals surface area contributed by atoms with E-state index in [2.05, 4.69) is 26.7 Å². The Morgan fingerprint density at radius 1 is 0.865 bits per heavy atom. The molecule has 0 fully saturated rings. The van der Waals surface area contributed by atoms with Gasteiger partial charge < -0.3 is 10.6 Å². The molecule has 2 N–H and O–H groups in total. The lowest BCUT2D eigenvalue weighted by molar-refractivity contribution is -0.137. The third-order valence-electron chi connectivity index (χ3n) is 6.61. The molecule has 1 aliphatic carbocycles. The molecule has 1 atom stereocenters. The Morgan fingerprint density at radius 2 is 1.59 bits per heavy atom. The molecule has 3 aromatic carbocycles. The highest BCUT2D eigenvalue weighted by molar-refractivity contribution is 5.69. The maximum absolute atomic E-state index is 13.4. The number of nitrogens with one attached hydrogen (secondary N) is 2. The van der Waals surface area contributed by atoms with Crippen molar-refractivity contribution in [2.75, 3.05) is 10.6 Å². The molecule has 5 rings (SSSR count). The summed E-state index contributed by atoms with van der Waals surface area (Å²) in [5, 5.41) is 6.67. The molecule has 1 heterocycles. The first-order valence-electron chi connectivity index (χ1n) is 12.2. The second-order valence-corrected chi connectivity index (χ2v) is 9.23. The summed E-state index contributed by atoms with van der Waals surface area (Å²) in [7, 11) is 0. The number of anilines is 3. The molecule has 0 bridgehead atoms. The second-order valence-electron chi connectivity index (χ2n) is 9.23. The van der Waals surface area contributed by atoms with Crippen molar-refractivity contribution in [3.8, 4) is 11.3 Å². The molecule has 0 saturated carbocycles. The molecule has 4 aromatic rings. The monoisotopic (exact) mass is 506 g/mol. The average molecular weight is 507 g/mol. The minimum absolute atomic E-state index is 0.235. The lowest BCUT2D eigenvalue weighted by Crippen LogP contribution is -2.12. The number of halogens is 4. The van der Waals surface area contributed by atoms with Gasteiger partial charge in [-0.1, -0.05) is 36.4 Å². The SMILES string of the molecule is C[C@H](Nc1nc(Nc2cccc3c2CCCC3)cc(-c2ccc(C(F)(F)F)cc2)n1)c1ccc(F)cc1. The molecule has 0 unspecified atom stereocenters. The van der Waals surface area contributed by atoms with Crippen molar-refractivity contribution in [1.82, 2.24) is 9.97 Å². The van der Waals surface area contributed by atoms with Gasteiger partial charge in [0.05, 0.1) is 17.3 Å². The van der Waals surface area contributed by atoms with Crippen LogP contribution in [0.1, 0.15) is 48.1 Å². The summed E-state index contributed by atoms with van der Waals surface area (Å²) < 4.78 is 52.6. The maximum Gasteiger partial charge on any atom is 0.416 e. The predicted octanol–water partition coefficient (Wildman–Crippen LogP) is 8.10. The van der Waals surface area contributed by atoms with Crippen molar-refractivity contribution in [1.29, 1.82) is 0 Å². The van der Waals surface area contributed by atoms with Crippen molar-refractivity contribution >= 4 is 17.5 Å². The van der Waals surface area contributed by atoms with Gasteiger partial charge in [-0.05, 0) is 79.6 Å². The van der Waals surface area contributed by atoms with Crippen LogP contribution >= 0.6 is 0 Å². The van der Waals surface area contributed by atoms with Gasteiger partial charge in [-0.25, -0.2) is 9.37 Å². The Balaban J connectivity index is 1.50. The minimum atomic E-state index is -4.42. The van der Waals surface area contributed by atoms with Gasteiger partial charge in [0.2, 0.25) is 5.95 Å². The van der Waals surface area contributed by atoms with E-state index in [1.807, 2.05) is 19.1 Å². The Bertz CT molecular complexity index is 1380. The topological polar surface area (TPSA) is 49.8 Å². The molecule has 0 aliphatic heterocycles. The van der Waals surface area contributed by atoms with Crippen molar-refractivity contribution in [3.63, 3.8) is 0 Å². The van der Waals surface area contributed by atoms with Gasteiger partial charge in [-0.2, -0.15) is 18.2 Å². The largest absolute Gasteiger partial charge is 0.416 e. The zero-order valence-corrected chi connectivity index (χ0v) is 20.2. The number of alkyl halides is 3. The van der Waals surface area contributed by atoms with Crippen LogP contribution in [0.2, 0.25) is 0 Å². The molecule has 1 aromatic heterocycles. The zero-order valence-electron chi connectivity index (χ0n) is 20.2. The van der Waals surface area contributed by atoms with Crippen molar-refractivity contribution in [3.05, 3.63) is 101 Å². The van der Waals surface area contributed by atoms with E-state index in [0.29, 0.717) is 23.0 Å². The normalized spacial score (nSPS) is 14.1. The van der Waals surface area contributed by atoms with E-state index in [-0.39, 0.29) is 11.9 Å². The van der Waals surface area contributed by atoms with Crippen LogP contribution in [0.5, 0.6) is 0 Å². The fourth-order valence-corrected chi connectivity index (χ4v) is 4.62. The van der Waals surface area contributed by atoms with Crippen LogP contribution in [-0.4, -0.2) is 9.97 Å². The van der Waals surface area contributed by atoms with Crippen LogP contribution < -0.4 is 10.6 Å². The average Bonchev–Trinajstić information content (AvgIpc) is 2.89. The first-order valence-corrected chi connectivity index (χ1v) is 12.2. The molecule has 0 saturated heterocycles. The van der Waals surface area contributed by atoms with Crippen LogP contribution in [0.3, 0.4) is 0 Å². The Hall–Kier alpha value is -3.94. The maximum atomic E-state index is 13.4.